The van der Waals surface area contributed by atoms with Gasteiger partial charge in [0.2, 0.25) is 0 Å². The van der Waals surface area contributed by atoms with Gasteiger partial charge >= 0.3 is 0 Å². The second-order valence-corrected chi connectivity index (χ2v) is 6.38. The third-order valence-corrected chi connectivity index (χ3v) is 4.16. The number of para-hydroxylation sites is 1. The number of aryl methyl sites for hydroxylation is 1. The maximum atomic E-state index is 3.68. The third kappa shape index (κ3) is 2.15. The molecule has 1 atom stereocenters. The summed E-state index contributed by atoms with van der Waals surface area (Å²) in [7, 11) is 0. The van der Waals surface area contributed by atoms with Gasteiger partial charge in [-0.1, -0.05) is 32.9 Å². The van der Waals surface area contributed by atoms with E-state index in [1.807, 2.05) is 11.8 Å². The zero-order chi connectivity index (χ0) is 11.1. The summed E-state index contributed by atoms with van der Waals surface area (Å²) < 4.78 is 0. The second-order valence-electron chi connectivity index (χ2n) is 5.32. The van der Waals surface area contributed by atoms with Crippen LogP contribution in [-0.4, -0.2) is 11.8 Å². The van der Waals surface area contributed by atoms with Gasteiger partial charge < -0.3 is 5.32 Å². The fraction of sp³-hybridized carbons (Fsp3) is 0.538. The molecule has 1 heterocycles. The van der Waals surface area contributed by atoms with Crippen molar-refractivity contribution in [2.75, 3.05) is 11.1 Å². The van der Waals surface area contributed by atoms with Gasteiger partial charge in [0.15, 0.2) is 0 Å². The van der Waals surface area contributed by atoms with Crippen LogP contribution >= 0.6 is 11.8 Å². The van der Waals surface area contributed by atoms with Crippen molar-refractivity contribution in [3.63, 3.8) is 0 Å². The lowest BCUT2D eigenvalue weighted by Gasteiger charge is -2.36. The standard InChI is InChI=1S/C13H19NS/c1-9-6-5-7-10-12(9)14-11(8-15-10)13(2,3)4/h5-7,11,14H,8H2,1-4H3. The summed E-state index contributed by atoms with van der Waals surface area (Å²) in [5.41, 5.74) is 3.02. The molecule has 1 N–H and O–H groups in total. The van der Waals surface area contributed by atoms with Crippen molar-refractivity contribution in [2.45, 2.75) is 38.6 Å². The molecule has 2 heteroatoms. The number of hydrogen-bond acceptors (Lipinski definition) is 2. The molecule has 2 rings (SSSR count). The topological polar surface area (TPSA) is 12.0 Å². The Labute approximate surface area is 96.7 Å². The minimum absolute atomic E-state index is 0.326. The first-order chi connectivity index (χ1) is 6.98. The zero-order valence-electron chi connectivity index (χ0n) is 9.92. The quantitative estimate of drug-likeness (QED) is 0.712. The smallest absolute Gasteiger partial charge is 0.0510 e. The van der Waals surface area contributed by atoms with E-state index < -0.39 is 0 Å². The lowest BCUT2D eigenvalue weighted by molar-refractivity contribution is 0.361. The molecule has 0 spiro atoms. The first kappa shape index (κ1) is 10.9. The van der Waals surface area contributed by atoms with Crippen molar-refractivity contribution in [2.24, 2.45) is 5.41 Å². The van der Waals surface area contributed by atoms with Crippen molar-refractivity contribution in [1.82, 2.24) is 0 Å². The van der Waals surface area contributed by atoms with Gasteiger partial charge in [0.25, 0.3) is 0 Å². The maximum Gasteiger partial charge on any atom is 0.0510 e. The van der Waals surface area contributed by atoms with Crippen LogP contribution in [0.15, 0.2) is 23.1 Å². The zero-order valence-corrected chi connectivity index (χ0v) is 10.7. The van der Waals surface area contributed by atoms with Crippen LogP contribution in [0.3, 0.4) is 0 Å². The van der Waals surface area contributed by atoms with Gasteiger partial charge in [0.1, 0.15) is 0 Å². The van der Waals surface area contributed by atoms with E-state index in [9.17, 15) is 0 Å². The van der Waals surface area contributed by atoms with Crippen LogP contribution in [0, 0.1) is 12.3 Å². The van der Waals surface area contributed by atoms with Gasteiger partial charge in [-0.2, -0.15) is 0 Å². The first-order valence-electron chi connectivity index (χ1n) is 5.47. The Balaban J connectivity index is 2.30. The summed E-state index contributed by atoms with van der Waals surface area (Å²) in [5.74, 6) is 1.17. The summed E-state index contributed by atoms with van der Waals surface area (Å²) in [6.45, 7) is 9.08. The molecular formula is C13H19NS. The van der Waals surface area contributed by atoms with Gasteiger partial charge in [-0.05, 0) is 24.0 Å². The highest BCUT2D eigenvalue weighted by Crippen LogP contribution is 2.39. The van der Waals surface area contributed by atoms with E-state index in [0.29, 0.717) is 11.5 Å². The van der Waals surface area contributed by atoms with Gasteiger partial charge in [0, 0.05) is 16.7 Å². The Bertz CT molecular complexity index is 365. The van der Waals surface area contributed by atoms with E-state index in [0.717, 1.165) is 0 Å². The minimum atomic E-state index is 0.326. The van der Waals surface area contributed by atoms with Gasteiger partial charge in [-0.25, -0.2) is 0 Å². The monoisotopic (exact) mass is 221 g/mol. The van der Waals surface area contributed by atoms with E-state index in [2.05, 4.69) is 51.2 Å². The highest BCUT2D eigenvalue weighted by Gasteiger charge is 2.28. The van der Waals surface area contributed by atoms with E-state index in [1.54, 1.807) is 0 Å². The molecule has 0 aliphatic carbocycles. The van der Waals surface area contributed by atoms with Crippen molar-refractivity contribution < 1.29 is 0 Å². The second kappa shape index (κ2) is 3.75. The van der Waals surface area contributed by atoms with Crippen LogP contribution in [0.25, 0.3) is 0 Å². The number of anilines is 1. The number of benzene rings is 1. The Kier molecular flexibility index (Phi) is 2.72. The van der Waals surface area contributed by atoms with Gasteiger partial charge in [-0.3, -0.25) is 0 Å². The molecule has 0 radical (unpaired) electrons. The number of thioether (sulfide) groups is 1. The normalized spacial score (nSPS) is 20.7. The predicted octanol–water partition coefficient (Wildman–Crippen LogP) is 3.93. The predicted molar refractivity (Wildman–Crippen MR) is 68.8 cm³/mol. The third-order valence-electron chi connectivity index (χ3n) is 3.00. The SMILES string of the molecule is Cc1cccc2c1NC(C(C)(C)C)CS2. The van der Waals surface area contributed by atoms with Crippen molar-refractivity contribution >= 4 is 17.4 Å². The van der Waals surface area contributed by atoms with E-state index >= 15 is 0 Å². The van der Waals surface area contributed by atoms with Crippen LogP contribution in [0.1, 0.15) is 26.3 Å². The molecule has 0 saturated heterocycles. The fourth-order valence-electron chi connectivity index (χ4n) is 1.80. The van der Waals surface area contributed by atoms with Crippen LogP contribution in [0.5, 0.6) is 0 Å². The number of fused-ring (bicyclic) bond motifs is 1. The van der Waals surface area contributed by atoms with E-state index in [-0.39, 0.29) is 0 Å². The fourth-order valence-corrected chi connectivity index (χ4v) is 3.27. The molecule has 1 aromatic rings. The first-order valence-corrected chi connectivity index (χ1v) is 6.46. The van der Waals surface area contributed by atoms with E-state index in [1.165, 1.54) is 21.9 Å². The molecule has 1 aromatic carbocycles. The molecule has 1 aliphatic heterocycles. The van der Waals surface area contributed by atoms with Crippen molar-refractivity contribution in [1.29, 1.82) is 0 Å². The van der Waals surface area contributed by atoms with Crippen molar-refractivity contribution in [3.05, 3.63) is 23.8 Å². The van der Waals surface area contributed by atoms with Crippen LogP contribution in [0.2, 0.25) is 0 Å². The molecule has 82 valence electrons. The Morgan fingerprint density at radius 1 is 1.33 bits per heavy atom. The lowest BCUT2D eigenvalue weighted by Crippen LogP contribution is -2.38. The Morgan fingerprint density at radius 3 is 2.73 bits per heavy atom. The van der Waals surface area contributed by atoms with E-state index in [4.69, 9.17) is 0 Å². The number of hydrogen-bond donors (Lipinski definition) is 1. The van der Waals surface area contributed by atoms with Gasteiger partial charge in [0.05, 0.1) is 5.69 Å². The molecule has 1 unspecified atom stereocenters. The average molecular weight is 221 g/mol. The molecule has 15 heavy (non-hydrogen) atoms. The maximum absolute atomic E-state index is 3.68. The Morgan fingerprint density at radius 2 is 2.07 bits per heavy atom. The molecule has 0 bridgehead atoms. The molecule has 0 saturated carbocycles. The highest BCUT2D eigenvalue weighted by molar-refractivity contribution is 7.99. The molecule has 0 fully saturated rings. The van der Waals surface area contributed by atoms with Crippen LogP contribution < -0.4 is 5.32 Å². The van der Waals surface area contributed by atoms with Gasteiger partial charge in [-0.15, -0.1) is 11.8 Å². The molecular weight excluding hydrogens is 202 g/mol. The largest absolute Gasteiger partial charge is 0.380 e. The molecule has 1 aliphatic rings. The summed E-state index contributed by atoms with van der Waals surface area (Å²) >= 11 is 1.98. The summed E-state index contributed by atoms with van der Waals surface area (Å²) in [5, 5.41) is 3.68. The van der Waals surface area contributed by atoms with Crippen LogP contribution in [0.4, 0.5) is 5.69 Å². The van der Waals surface area contributed by atoms with Crippen molar-refractivity contribution in [3.8, 4) is 0 Å². The Hall–Kier alpha value is -0.630. The summed E-state index contributed by atoms with van der Waals surface area (Å²) in [6, 6.07) is 7.09. The minimum Gasteiger partial charge on any atom is -0.380 e. The summed E-state index contributed by atoms with van der Waals surface area (Å²) in [6.07, 6.45) is 0. The average Bonchev–Trinajstić information content (AvgIpc) is 2.16. The molecule has 0 amide bonds. The summed E-state index contributed by atoms with van der Waals surface area (Å²) in [4.78, 5) is 1.40. The highest BCUT2D eigenvalue weighted by atomic mass is 32.2. The molecule has 1 nitrogen and oxygen atoms in total. The van der Waals surface area contributed by atoms with Crippen LogP contribution in [-0.2, 0) is 0 Å². The number of rotatable bonds is 0. The molecule has 0 aromatic heterocycles. The number of nitrogens with one attached hydrogen (secondary N) is 1. The lowest BCUT2D eigenvalue weighted by atomic mass is 9.87.